The third kappa shape index (κ3) is 4.46. The number of thioether (sulfide) groups is 1. The molecular formula is C15H22N2OS. The van der Waals surface area contributed by atoms with Gasteiger partial charge >= 0.3 is 0 Å². The summed E-state index contributed by atoms with van der Waals surface area (Å²) in [5.41, 5.74) is 1.07. The second-order valence-electron chi connectivity index (χ2n) is 5.11. The summed E-state index contributed by atoms with van der Waals surface area (Å²) in [5.74, 6) is 2.71. The molecule has 4 heteroatoms. The van der Waals surface area contributed by atoms with Gasteiger partial charge in [-0.1, -0.05) is 25.6 Å². The molecule has 2 rings (SSSR count). The quantitative estimate of drug-likeness (QED) is 0.883. The number of ether oxygens (including phenoxy) is 1. The van der Waals surface area contributed by atoms with Gasteiger partial charge in [0.1, 0.15) is 5.75 Å². The normalized spacial score (nSPS) is 18.5. The number of amidine groups is 1. The fraction of sp³-hybridized carbons (Fsp3) is 0.533. The average molecular weight is 278 g/mol. The SMILES string of the molecule is CCOc1ccc(NC2=NC(CC(C)C)CS2)cc1. The van der Waals surface area contributed by atoms with Crippen LogP contribution in [0.3, 0.4) is 0 Å². The van der Waals surface area contributed by atoms with Crippen molar-refractivity contribution in [2.75, 3.05) is 17.7 Å². The Bertz CT molecular complexity index is 428. The molecule has 1 aliphatic rings. The first-order chi connectivity index (χ1) is 9.17. The number of aliphatic imine (C=N–C) groups is 1. The molecule has 0 spiro atoms. The first-order valence-electron chi connectivity index (χ1n) is 6.88. The Morgan fingerprint density at radius 2 is 2.11 bits per heavy atom. The van der Waals surface area contributed by atoms with Gasteiger partial charge in [-0.2, -0.15) is 0 Å². The minimum Gasteiger partial charge on any atom is -0.494 e. The van der Waals surface area contributed by atoms with Gasteiger partial charge in [-0.05, 0) is 43.5 Å². The Labute approximate surface area is 119 Å². The number of rotatable bonds is 5. The van der Waals surface area contributed by atoms with E-state index in [2.05, 4.69) is 19.2 Å². The summed E-state index contributed by atoms with van der Waals surface area (Å²) in [7, 11) is 0. The molecule has 1 unspecified atom stereocenters. The highest BCUT2D eigenvalue weighted by Crippen LogP contribution is 2.25. The maximum Gasteiger partial charge on any atom is 0.161 e. The van der Waals surface area contributed by atoms with Gasteiger partial charge in [0.15, 0.2) is 5.17 Å². The largest absolute Gasteiger partial charge is 0.494 e. The van der Waals surface area contributed by atoms with Gasteiger partial charge in [-0.25, -0.2) is 0 Å². The van der Waals surface area contributed by atoms with Crippen molar-refractivity contribution >= 4 is 22.6 Å². The van der Waals surface area contributed by atoms with Crippen LogP contribution in [0.25, 0.3) is 0 Å². The van der Waals surface area contributed by atoms with Crippen molar-refractivity contribution in [2.45, 2.75) is 33.2 Å². The molecule has 1 aliphatic heterocycles. The summed E-state index contributed by atoms with van der Waals surface area (Å²) in [6.07, 6.45) is 1.17. The third-order valence-electron chi connectivity index (χ3n) is 2.87. The van der Waals surface area contributed by atoms with Crippen LogP contribution in [0.2, 0.25) is 0 Å². The monoisotopic (exact) mass is 278 g/mol. The molecule has 104 valence electrons. The molecule has 0 bridgehead atoms. The molecule has 0 saturated heterocycles. The van der Waals surface area contributed by atoms with E-state index >= 15 is 0 Å². The molecule has 1 N–H and O–H groups in total. The van der Waals surface area contributed by atoms with E-state index in [0.29, 0.717) is 18.6 Å². The molecule has 0 aromatic heterocycles. The number of nitrogens with one attached hydrogen (secondary N) is 1. The average Bonchev–Trinajstić information content (AvgIpc) is 2.78. The number of hydrogen-bond donors (Lipinski definition) is 1. The summed E-state index contributed by atoms with van der Waals surface area (Å²) >= 11 is 1.81. The van der Waals surface area contributed by atoms with Crippen molar-refractivity contribution < 1.29 is 4.74 Å². The highest BCUT2D eigenvalue weighted by atomic mass is 32.2. The van der Waals surface area contributed by atoms with E-state index < -0.39 is 0 Å². The van der Waals surface area contributed by atoms with Crippen molar-refractivity contribution in [2.24, 2.45) is 10.9 Å². The summed E-state index contributed by atoms with van der Waals surface area (Å²) in [5, 5.41) is 4.41. The van der Waals surface area contributed by atoms with E-state index in [9.17, 15) is 0 Å². The lowest BCUT2D eigenvalue weighted by atomic mass is 10.1. The second-order valence-corrected chi connectivity index (χ2v) is 6.12. The van der Waals surface area contributed by atoms with Gasteiger partial charge in [0.2, 0.25) is 0 Å². The van der Waals surface area contributed by atoms with Crippen LogP contribution in [0.15, 0.2) is 29.3 Å². The zero-order valence-electron chi connectivity index (χ0n) is 11.8. The van der Waals surface area contributed by atoms with Crippen molar-refractivity contribution in [3.8, 4) is 5.75 Å². The third-order valence-corrected chi connectivity index (χ3v) is 3.90. The lowest BCUT2D eigenvalue weighted by Crippen LogP contribution is -2.08. The number of benzene rings is 1. The number of anilines is 1. The van der Waals surface area contributed by atoms with Crippen molar-refractivity contribution in [1.82, 2.24) is 0 Å². The fourth-order valence-electron chi connectivity index (χ4n) is 2.07. The van der Waals surface area contributed by atoms with E-state index in [-0.39, 0.29) is 0 Å². The predicted molar refractivity (Wildman–Crippen MR) is 84.4 cm³/mol. The lowest BCUT2D eigenvalue weighted by molar-refractivity contribution is 0.340. The molecular weight excluding hydrogens is 256 g/mol. The van der Waals surface area contributed by atoms with Crippen LogP contribution in [0.4, 0.5) is 5.69 Å². The smallest absolute Gasteiger partial charge is 0.161 e. The van der Waals surface area contributed by atoms with E-state index in [1.807, 2.05) is 43.0 Å². The van der Waals surface area contributed by atoms with E-state index in [1.165, 1.54) is 6.42 Å². The molecule has 0 amide bonds. The summed E-state index contributed by atoms with van der Waals surface area (Å²) in [4.78, 5) is 4.72. The molecule has 1 aromatic carbocycles. The molecule has 19 heavy (non-hydrogen) atoms. The van der Waals surface area contributed by atoms with Crippen LogP contribution in [-0.4, -0.2) is 23.6 Å². The van der Waals surface area contributed by atoms with Gasteiger partial charge in [0.05, 0.1) is 12.6 Å². The van der Waals surface area contributed by atoms with Gasteiger partial charge in [-0.15, -0.1) is 0 Å². The number of hydrogen-bond acceptors (Lipinski definition) is 4. The first kappa shape index (κ1) is 14.3. The molecule has 1 heterocycles. The minimum absolute atomic E-state index is 0.468. The molecule has 0 fully saturated rings. The van der Waals surface area contributed by atoms with Crippen LogP contribution >= 0.6 is 11.8 Å². The second kappa shape index (κ2) is 6.85. The minimum atomic E-state index is 0.468. The highest BCUT2D eigenvalue weighted by molar-refractivity contribution is 8.14. The van der Waals surface area contributed by atoms with Crippen molar-refractivity contribution in [3.05, 3.63) is 24.3 Å². The maximum atomic E-state index is 5.43. The Balaban J connectivity index is 1.90. The Hall–Kier alpha value is -1.16. The first-order valence-corrected chi connectivity index (χ1v) is 7.86. The van der Waals surface area contributed by atoms with Crippen LogP contribution < -0.4 is 10.1 Å². The zero-order chi connectivity index (χ0) is 13.7. The predicted octanol–water partition coefficient (Wildman–Crippen LogP) is 4.01. The Morgan fingerprint density at radius 1 is 1.37 bits per heavy atom. The zero-order valence-corrected chi connectivity index (χ0v) is 12.7. The van der Waals surface area contributed by atoms with E-state index in [4.69, 9.17) is 9.73 Å². The molecule has 1 aromatic rings. The van der Waals surface area contributed by atoms with E-state index in [0.717, 1.165) is 22.4 Å². The van der Waals surface area contributed by atoms with Gasteiger partial charge < -0.3 is 10.1 Å². The molecule has 1 atom stereocenters. The van der Waals surface area contributed by atoms with Gasteiger partial charge in [0, 0.05) is 11.4 Å². The Kier molecular flexibility index (Phi) is 5.14. The van der Waals surface area contributed by atoms with Gasteiger partial charge in [0.25, 0.3) is 0 Å². The summed E-state index contributed by atoms with van der Waals surface area (Å²) in [6.45, 7) is 7.19. The van der Waals surface area contributed by atoms with Crippen LogP contribution in [0, 0.1) is 5.92 Å². The van der Waals surface area contributed by atoms with E-state index in [1.54, 1.807) is 0 Å². The fourth-order valence-corrected chi connectivity index (χ4v) is 3.05. The molecule has 0 radical (unpaired) electrons. The molecule has 0 saturated carbocycles. The molecule has 0 aliphatic carbocycles. The van der Waals surface area contributed by atoms with Gasteiger partial charge in [-0.3, -0.25) is 4.99 Å². The summed E-state index contributed by atoms with van der Waals surface area (Å²) in [6, 6.07) is 8.50. The number of nitrogens with zero attached hydrogens (tertiary/aromatic N) is 1. The topological polar surface area (TPSA) is 33.6 Å². The lowest BCUT2D eigenvalue weighted by Gasteiger charge is -2.08. The summed E-state index contributed by atoms with van der Waals surface area (Å²) < 4.78 is 5.43. The maximum absolute atomic E-state index is 5.43. The standard InChI is InChI=1S/C15H22N2OS/c1-4-18-14-7-5-12(6-8-14)16-15-17-13(10-19-15)9-11(2)3/h5-8,11,13H,4,9-10H2,1-3H3,(H,16,17). The van der Waals surface area contributed by atoms with Crippen LogP contribution in [0.1, 0.15) is 27.2 Å². The highest BCUT2D eigenvalue weighted by Gasteiger charge is 2.19. The van der Waals surface area contributed by atoms with Crippen LogP contribution in [0.5, 0.6) is 5.75 Å². The Morgan fingerprint density at radius 3 is 2.74 bits per heavy atom. The van der Waals surface area contributed by atoms with Crippen molar-refractivity contribution in [1.29, 1.82) is 0 Å². The van der Waals surface area contributed by atoms with Crippen LogP contribution in [-0.2, 0) is 0 Å². The van der Waals surface area contributed by atoms with Crippen molar-refractivity contribution in [3.63, 3.8) is 0 Å². The molecule has 3 nitrogen and oxygen atoms in total.